The van der Waals surface area contributed by atoms with Gasteiger partial charge >= 0.3 is 10.1 Å². The van der Waals surface area contributed by atoms with Crippen LogP contribution in [0.2, 0.25) is 0 Å². The van der Waals surface area contributed by atoms with Gasteiger partial charge in [0, 0.05) is 6.20 Å². The van der Waals surface area contributed by atoms with Gasteiger partial charge in [0.1, 0.15) is 0 Å². The van der Waals surface area contributed by atoms with Crippen molar-refractivity contribution in [2.75, 3.05) is 5.75 Å². The molecule has 0 fully saturated rings. The van der Waals surface area contributed by atoms with Crippen LogP contribution in [-0.4, -0.2) is 24.1 Å². The summed E-state index contributed by atoms with van der Waals surface area (Å²) in [6.45, 7) is 3.48. The van der Waals surface area contributed by atoms with E-state index in [1.165, 1.54) is 12.4 Å². The molecule has 0 aliphatic heterocycles. The van der Waals surface area contributed by atoms with Crippen LogP contribution in [-0.2, 0) is 10.1 Å². The second kappa shape index (κ2) is 4.36. The summed E-state index contributed by atoms with van der Waals surface area (Å²) in [6, 6.07) is 0. The fraction of sp³-hybridized carbons (Fsp3) is 0.500. The average molecular weight is 216 g/mol. The Bertz CT molecular complexity index is 403. The highest BCUT2D eigenvalue weighted by molar-refractivity contribution is 7.87. The number of hydrogen-bond donors (Lipinski definition) is 0. The van der Waals surface area contributed by atoms with E-state index < -0.39 is 10.1 Å². The monoisotopic (exact) mass is 216 g/mol. The van der Waals surface area contributed by atoms with Crippen molar-refractivity contribution in [3.8, 4) is 5.88 Å². The molecule has 0 bridgehead atoms. The molecule has 0 aliphatic carbocycles. The van der Waals surface area contributed by atoms with Crippen molar-refractivity contribution < 1.29 is 12.6 Å². The van der Waals surface area contributed by atoms with Gasteiger partial charge in [-0.05, 0) is 13.3 Å². The lowest BCUT2D eigenvalue weighted by atomic mass is 10.5. The molecule has 0 N–H and O–H groups in total. The Morgan fingerprint density at radius 2 is 2.14 bits per heavy atom. The molecular formula is C8H12N2O3S. The van der Waals surface area contributed by atoms with E-state index in [0.717, 1.165) is 0 Å². The first-order valence-corrected chi connectivity index (χ1v) is 5.82. The van der Waals surface area contributed by atoms with E-state index in [9.17, 15) is 8.42 Å². The summed E-state index contributed by atoms with van der Waals surface area (Å²) in [5.41, 5.74) is 0.620. The maximum absolute atomic E-state index is 11.2. The molecule has 0 saturated carbocycles. The van der Waals surface area contributed by atoms with Gasteiger partial charge in [0.05, 0.1) is 17.6 Å². The molecule has 0 aliphatic rings. The van der Waals surface area contributed by atoms with Crippen LogP contribution in [0.5, 0.6) is 5.88 Å². The predicted molar refractivity (Wildman–Crippen MR) is 51.5 cm³/mol. The summed E-state index contributed by atoms with van der Waals surface area (Å²) in [4.78, 5) is 7.65. The third-order valence-corrected chi connectivity index (χ3v) is 2.73. The average Bonchev–Trinajstić information content (AvgIpc) is 2.02. The molecule has 1 aromatic rings. The molecule has 5 nitrogen and oxygen atoms in total. The zero-order chi connectivity index (χ0) is 10.6. The van der Waals surface area contributed by atoms with Crippen molar-refractivity contribution in [2.24, 2.45) is 0 Å². The maximum Gasteiger partial charge on any atom is 0.310 e. The smallest absolute Gasteiger partial charge is 0.310 e. The van der Waals surface area contributed by atoms with Crippen molar-refractivity contribution >= 4 is 10.1 Å². The standard InChI is InChI=1S/C8H12N2O3S/c1-3-4-14(11,12)13-8-6-9-5-7(2)10-8/h5-6H,3-4H2,1-2H3. The van der Waals surface area contributed by atoms with Gasteiger partial charge < -0.3 is 4.18 Å². The predicted octanol–water partition coefficient (Wildman–Crippen LogP) is 0.904. The summed E-state index contributed by atoms with van der Waals surface area (Å²) < 4.78 is 27.2. The van der Waals surface area contributed by atoms with Gasteiger partial charge in [-0.3, -0.25) is 4.98 Å². The van der Waals surface area contributed by atoms with Crippen molar-refractivity contribution in [3.05, 3.63) is 18.1 Å². The van der Waals surface area contributed by atoms with E-state index in [1.807, 2.05) is 0 Å². The quantitative estimate of drug-likeness (QED) is 0.699. The van der Waals surface area contributed by atoms with E-state index in [0.29, 0.717) is 12.1 Å². The molecule has 0 unspecified atom stereocenters. The fourth-order valence-electron chi connectivity index (χ4n) is 0.902. The number of nitrogens with zero attached hydrogens (tertiary/aromatic N) is 2. The molecule has 0 spiro atoms. The minimum absolute atomic E-state index is 0.0113. The SMILES string of the molecule is CCCS(=O)(=O)Oc1cncc(C)n1. The Morgan fingerprint density at radius 3 is 2.71 bits per heavy atom. The second-order valence-electron chi connectivity index (χ2n) is 2.84. The Labute approximate surface area is 83.3 Å². The molecule has 1 heterocycles. The fourth-order valence-corrected chi connectivity index (χ4v) is 1.83. The van der Waals surface area contributed by atoms with Crippen LogP contribution in [0.15, 0.2) is 12.4 Å². The number of aryl methyl sites for hydroxylation is 1. The lowest BCUT2D eigenvalue weighted by molar-refractivity contribution is 0.473. The first kappa shape index (κ1) is 10.9. The largest absolute Gasteiger partial charge is 0.360 e. The molecule has 0 radical (unpaired) electrons. The van der Waals surface area contributed by atoms with E-state index in [2.05, 4.69) is 9.97 Å². The zero-order valence-electron chi connectivity index (χ0n) is 8.10. The first-order chi connectivity index (χ1) is 6.53. The maximum atomic E-state index is 11.2. The van der Waals surface area contributed by atoms with Crippen molar-refractivity contribution in [3.63, 3.8) is 0 Å². The highest BCUT2D eigenvalue weighted by Gasteiger charge is 2.12. The lowest BCUT2D eigenvalue weighted by Gasteiger charge is -2.04. The molecule has 1 rings (SSSR count). The van der Waals surface area contributed by atoms with Crippen molar-refractivity contribution in [1.82, 2.24) is 9.97 Å². The lowest BCUT2D eigenvalue weighted by Crippen LogP contribution is -2.14. The Kier molecular flexibility index (Phi) is 3.40. The molecule has 6 heteroatoms. The minimum atomic E-state index is -3.50. The van der Waals surface area contributed by atoms with Gasteiger partial charge in [-0.1, -0.05) is 6.92 Å². The zero-order valence-corrected chi connectivity index (χ0v) is 8.91. The van der Waals surface area contributed by atoms with Crippen LogP contribution in [0.3, 0.4) is 0 Å². The molecule has 14 heavy (non-hydrogen) atoms. The van der Waals surface area contributed by atoms with Crippen LogP contribution in [0.25, 0.3) is 0 Å². The molecule has 78 valence electrons. The molecule has 0 saturated heterocycles. The van der Waals surface area contributed by atoms with E-state index in [-0.39, 0.29) is 11.6 Å². The van der Waals surface area contributed by atoms with Crippen molar-refractivity contribution in [2.45, 2.75) is 20.3 Å². The molecule has 0 amide bonds. The summed E-state index contributed by atoms with van der Waals surface area (Å²) in [7, 11) is -3.50. The van der Waals surface area contributed by atoms with Crippen molar-refractivity contribution in [1.29, 1.82) is 0 Å². The minimum Gasteiger partial charge on any atom is -0.360 e. The number of rotatable bonds is 4. The van der Waals surface area contributed by atoms with Gasteiger partial charge in [0.2, 0.25) is 0 Å². The second-order valence-corrected chi connectivity index (χ2v) is 4.53. The van der Waals surface area contributed by atoms with E-state index in [1.54, 1.807) is 13.8 Å². The third-order valence-electron chi connectivity index (χ3n) is 1.40. The van der Waals surface area contributed by atoms with Gasteiger partial charge in [-0.25, -0.2) is 4.98 Å². The van der Waals surface area contributed by atoms with Gasteiger partial charge in [-0.2, -0.15) is 8.42 Å². The van der Waals surface area contributed by atoms with Crippen LogP contribution >= 0.6 is 0 Å². The Balaban J connectivity index is 2.79. The summed E-state index contributed by atoms with van der Waals surface area (Å²) in [5.74, 6) is 0.0151. The van der Waals surface area contributed by atoms with Crippen LogP contribution in [0.4, 0.5) is 0 Å². The highest BCUT2D eigenvalue weighted by atomic mass is 32.2. The third kappa shape index (κ3) is 3.29. The summed E-state index contributed by atoms with van der Waals surface area (Å²) in [5, 5.41) is 0. The van der Waals surface area contributed by atoms with E-state index in [4.69, 9.17) is 4.18 Å². The van der Waals surface area contributed by atoms with Crippen LogP contribution < -0.4 is 4.18 Å². The molecular weight excluding hydrogens is 204 g/mol. The first-order valence-electron chi connectivity index (χ1n) is 4.24. The van der Waals surface area contributed by atoms with Crippen LogP contribution in [0, 0.1) is 6.92 Å². The normalized spacial score (nSPS) is 11.3. The summed E-state index contributed by atoms with van der Waals surface area (Å²) >= 11 is 0. The van der Waals surface area contributed by atoms with Gasteiger partial charge in [0.15, 0.2) is 0 Å². The topological polar surface area (TPSA) is 69.2 Å². The highest BCUT2D eigenvalue weighted by Crippen LogP contribution is 2.08. The molecule has 0 atom stereocenters. The molecule has 0 aromatic carbocycles. The van der Waals surface area contributed by atoms with Gasteiger partial charge in [-0.15, -0.1) is 0 Å². The number of hydrogen-bond acceptors (Lipinski definition) is 5. The molecule has 1 aromatic heterocycles. The Hall–Kier alpha value is -1.17. The van der Waals surface area contributed by atoms with E-state index >= 15 is 0 Å². The number of aromatic nitrogens is 2. The summed E-state index contributed by atoms with van der Waals surface area (Å²) in [6.07, 6.45) is 3.32. The Morgan fingerprint density at radius 1 is 1.43 bits per heavy atom. The van der Waals surface area contributed by atoms with Crippen LogP contribution in [0.1, 0.15) is 19.0 Å². The van der Waals surface area contributed by atoms with Gasteiger partial charge in [0.25, 0.3) is 5.88 Å².